The summed E-state index contributed by atoms with van der Waals surface area (Å²) in [6.07, 6.45) is 0.761. The van der Waals surface area contributed by atoms with Crippen LogP contribution >= 0.6 is 15.9 Å². The molecule has 21 heavy (non-hydrogen) atoms. The van der Waals surface area contributed by atoms with Crippen molar-refractivity contribution in [3.05, 3.63) is 58.1 Å². The fourth-order valence-corrected chi connectivity index (χ4v) is 2.32. The van der Waals surface area contributed by atoms with Gasteiger partial charge in [-0.25, -0.2) is 4.79 Å². The largest absolute Gasteiger partial charge is 0.497 e. The number of rotatable bonds is 6. The molecule has 0 aromatic heterocycles. The molecule has 110 valence electrons. The molecular weight excluding hydrogens is 336 g/mol. The van der Waals surface area contributed by atoms with Crippen molar-refractivity contribution in [2.45, 2.75) is 6.42 Å². The highest BCUT2D eigenvalue weighted by Crippen LogP contribution is 2.26. The van der Waals surface area contributed by atoms with Crippen LogP contribution in [0.1, 0.15) is 15.9 Å². The van der Waals surface area contributed by atoms with Gasteiger partial charge in [0, 0.05) is 6.42 Å². The van der Waals surface area contributed by atoms with Crippen molar-refractivity contribution in [3.63, 3.8) is 0 Å². The molecular formula is C16H15BrO4. The lowest BCUT2D eigenvalue weighted by Crippen LogP contribution is -2.03. The molecule has 2 rings (SSSR count). The molecule has 0 spiro atoms. The predicted molar refractivity (Wildman–Crippen MR) is 83.3 cm³/mol. The van der Waals surface area contributed by atoms with E-state index in [1.54, 1.807) is 13.2 Å². The Morgan fingerprint density at radius 1 is 1.19 bits per heavy atom. The monoisotopic (exact) mass is 350 g/mol. The highest BCUT2D eigenvalue weighted by atomic mass is 79.9. The molecule has 5 heteroatoms. The zero-order chi connectivity index (χ0) is 15.2. The van der Waals surface area contributed by atoms with Crippen molar-refractivity contribution in [1.82, 2.24) is 0 Å². The number of ether oxygens (including phenoxy) is 2. The molecule has 4 nitrogen and oxygen atoms in total. The number of aromatic carboxylic acids is 1. The third-order valence-corrected chi connectivity index (χ3v) is 3.61. The number of carboxylic acid groups (broad SMARTS) is 1. The Balaban J connectivity index is 1.92. The number of hydrogen-bond donors (Lipinski definition) is 1. The van der Waals surface area contributed by atoms with Gasteiger partial charge in [0.25, 0.3) is 0 Å². The minimum atomic E-state index is -0.958. The van der Waals surface area contributed by atoms with E-state index in [4.69, 9.17) is 14.6 Å². The molecule has 0 atom stereocenters. The van der Waals surface area contributed by atoms with Crippen LogP contribution < -0.4 is 9.47 Å². The minimum absolute atomic E-state index is 0.226. The van der Waals surface area contributed by atoms with Gasteiger partial charge in [0.1, 0.15) is 11.5 Å². The second-order valence-electron chi connectivity index (χ2n) is 4.40. The van der Waals surface area contributed by atoms with E-state index < -0.39 is 5.97 Å². The maximum atomic E-state index is 10.8. The zero-order valence-corrected chi connectivity index (χ0v) is 13.1. The lowest BCUT2D eigenvalue weighted by Gasteiger charge is -2.09. The predicted octanol–water partition coefficient (Wildman–Crippen LogP) is 3.78. The van der Waals surface area contributed by atoms with E-state index in [0.29, 0.717) is 16.8 Å². The molecule has 0 aliphatic rings. The van der Waals surface area contributed by atoms with Gasteiger partial charge in [-0.3, -0.25) is 0 Å². The van der Waals surface area contributed by atoms with Crippen molar-refractivity contribution in [2.75, 3.05) is 13.7 Å². The SMILES string of the molecule is COc1ccc(CCOc2ccc(C(=O)O)cc2Br)cc1. The highest BCUT2D eigenvalue weighted by molar-refractivity contribution is 9.10. The molecule has 1 N–H and O–H groups in total. The van der Waals surface area contributed by atoms with Crippen LogP contribution in [0.3, 0.4) is 0 Å². The van der Waals surface area contributed by atoms with Crippen LogP contribution in [0.4, 0.5) is 0 Å². The van der Waals surface area contributed by atoms with E-state index in [1.165, 1.54) is 12.1 Å². The molecule has 0 bridgehead atoms. The summed E-state index contributed by atoms with van der Waals surface area (Å²) in [4.78, 5) is 10.8. The fraction of sp³-hybridized carbons (Fsp3) is 0.188. The first-order valence-corrected chi connectivity index (χ1v) is 7.18. The van der Waals surface area contributed by atoms with Crippen LogP contribution in [-0.4, -0.2) is 24.8 Å². The Bertz CT molecular complexity index is 623. The van der Waals surface area contributed by atoms with Crippen molar-refractivity contribution >= 4 is 21.9 Å². The van der Waals surface area contributed by atoms with Crippen molar-refractivity contribution in [3.8, 4) is 11.5 Å². The molecule has 0 amide bonds. The minimum Gasteiger partial charge on any atom is -0.497 e. The van der Waals surface area contributed by atoms with Crippen LogP contribution in [0, 0.1) is 0 Å². The lowest BCUT2D eigenvalue weighted by atomic mass is 10.1. The second kappa shape index (κ2) is 7.13. The Labute approximate surface area is 131 Å². The third kappa shape index (κ3) is 4.23. The van der Waals surface area contributed by atoms with E-state index in [2.05, 4.69) is 15.9 Å². The molecule has 0 radical (unpaired) electrons. The van der Waals surface area contributed by atoms with Crippen LogP contribution in [0.5, 0.6) is 11.5 Å². The molecule has 0 saturated carbocycles. The standard InChI is InChI=1S/C16H15BrO4/c1-20-13-5-2-11(3-6-13)8-9-21-15-7-4-12(16(18)19)10-14(15)17/h2-7,10H,8-9H2,1H3,(H,18,19). The van der Waals surface area contributed by atoms with Crippen LogP contribution in [0.15, 0.2) is 46.9 Å². The number of halogens is 1. The third-order valence-electron chi connectivity index (χ3n) is 2.99. The molecule has 0 heterocycles. The number of carbonyl (C=O) groups is 1. The van der Waals surface area contributed by atoms with Gasteiger partial charge >= 0.3 is 5.97 Å². The number of benzene rings is 2. The average Bonchev–Trinajstić information content (AvgIpc) is 2.49. The van der Waals surface area contributed by atoms with E-state index in [-0.39, 0.29) is 5.56 Å². The maximum Gasteiger partial charge on any atom is 0.335 e. The van der Waals surface area contributed by atoms with Gasteiger partial charge in [0.2, 0.25) is 0 Å². The molecule has 0 aliphatic heterocycles. The van der Waals surface area contributed by atoms with E-state index in [0.717, 1.165) is 17.7 Å². The van der Waals surface area contributed by atoms with Gasteiger partial charge in [-0.05, 0) is 51.8 Å². The number of hydrogen-bond acceptors (Lipinski definition) is 3. The summed E-state index contributed by atoms with van der Waals surface area (Å²) >= 11 is 3.32. The summed E-state index contributed by atoms with van der Waals surface area (Å²) < 4.78 is 11.4. The van der Waals surface area contributed by atoms with Crippen LogP contribution in [0.25, 0.3) is 0 Å². The Hall–Kier alpha value is -2.01. The second-order valence-corrected chi connectivity index (χ2v) is 5.25. The van der Waals surface area contributed by atoms with Gasteiger partial charge in [0.05, 0.1) is 23.8 Å². The first-order chi connectivity index (χ1) is 10.1. The van der Waals surface area contributed by atoms with Gasteiger partial charge in [-0.15, -0.1) is 0 Å². The Kier molecular flexibility index (Phi) is 5.22. The number of methoxy groups -OCH3 is 1. The van der Waals surface area contributed by atoms with Gasteiger partial charge in [-0.2, -0.15) is 0 Å². The summed E-state index contributed by atoms with van der Waals surface area (Å²) in [6, 6.07) is 12.5. The number of carboxylic acids is 1. The summed E-state index contributed by atoms with van der Waals surface area (Å²) in [7, 11) is 1.64. The van der Waals surface area contributed by atoms with Crippen molar-refractivity contribution in [2.24, 2.45) is 0 Å². The Morgan fingerprint density at radius 2 is 1.90 bits per heavy atom. The normalized spacial score (nSPS) is 10.2. The molecule has 0 fully saturated rings. The van der Waals surface area contributed by atoms with E-state index in [1.807, 2.05) is 24.3 Å². The molecule has 0 aliphatic carbocycles. The van der Waals surface area contributed by atoms with Gasteiger partial charge in [-0.1, -0.05) is 12.1 Å². The van der Waals surface area contributed by atoms with Crippen LogP contribution in [-0.2, 0) is 6.42 Å². The average molecular weight is 351 g/mol. The summed E-state index contributed by atoms with van der Waals surface area (Å²) in [5, 5.41) is 8.90. The first kappa shape index (κ1) is 15.4. The quantitative estimate of drug-likeness (QED) is 0.861. The Morgan fingerprint density at radius 3 is 2.48 bits per heavy atom. The summed E-state index contributed by atoms with van der Waals surface area (Å²) in [5.74, 6) is 0.501. The van der Waals surface area contributed by atoms with E-state index >= 15 is 0 Å². The van der Waals surface area contributed by atoms with Gasteiger partial charge in [0.15, 0.2) is 0 Å². The highest BCUT2D eigenvalue weighted by Gasteiger charge is 2.07. The van der Waals surface area contributed by atoms with Gasteiger partial charge < -0.3 is 14.6 Å². The smallest absolute Gasteiger partial charge is 0.335 e. The maximum absolute atomic E-state index is 10.8. The zero-order valence-electron chi connectivity index (χ0n) is 11.5. The summed E-state index contributed by atoms with van der Waals surface area (Å²) in [6.45, 7) is 0.511. The van der Waals surface area contributed by atoms with Crippen LogP contribution in [0.2, 0.25) is 0 Å². The molecule has 2 aromatic rings. The lowest BCUT2D eigenvalue weighted by molar-refractivity contribution is 0.0697. The van der Waals surface area contributed by atoms with Crippen molar-refractivity contribution in [1.29, 1.82) is 0 Å². The first-order valence-electron chi connectivity index (χ1n) is 6.38. The topological polar surface area (TPSA) is 55.8 Å². The molecule has 0 unspecified atom stereocenters. The molecule has 0 saturated heterocycles. The fourth-order valence-electron chi connectivity index (χ4n) is 1.82. The summed E-state index contributed by atoms with van der Waals surface area (Å²) in [5.41, 5.74) is 1.37. The van der Waals surface area contributed by atoms with E-state index in [9.17, 15) is 4.79 Å². The van der Waals surface area contributed by atoms with Crippen molar-refractivity contribution < 1.29 is 19.4 Å². The molecule has 2 aromatic carbocycles.